The third-order valence-electron chi connectivity index (χ3n) is 5.01. The number of carbonyl (C=O) groups is 2. The molecule has 2 aromatic rings. The van der Waals surface area contributed by atoms with Crippen LogP contribution in [0.3, 0.4) is 0 Å². The van der Waals surface area contributed by atoms with E-state index in [-0.39, 0.29) is 10.5 Å². The molecule has 1 aromatic carbocycles. The number of anilines is 1. The zero-order valence-corrected chi connectivity index (χ0v) is 17.4. The molecule has 1 aliphatic heterocycles. The largest absolute Gasteiger partial charge is 0.417 e. The van der Waals surface area contributed by atoms with Gasteiger partial charge >= 0.3 is 6.18 Å². The molecule has 0 spiro atoms. The number of aromatic nitrogens is 1. The van der Waals surface area contributed by atoms with Crippen molar-refractivity contribution in [2.75, 3.05) is 18.0 Å². The van der Waals surface area contributed by atoms with Crippen molar-refractivity contribution in [1.82, 2.24) is 15.8 Å². The molecule has 0 aliphatic carbocycles. The van der Waals surface area contributed by atoms with Crippen LogP contribution < -0.4 is 20.9 Å². The Hall–Kier alpha value is -3.19. The van der Waals surface area contributed by atoms with Gasteiger partial charge in [0.1, 0.15) is 5.82 Å². The van der Waals surface area contributed by atoms with Crippen molar-refractivity contribution < 1.29 is 31.2 Å². The number of nitrogens with zero attached hydrogens (tertiary/aromatic N) is 2. The van der Waals surface area contributed by atoms with Gasteiger partial charge in [0.2, 0.25) is 15.9 Å². The third kappa shape index (κ3) is 5.73. The summed E-state index contributed by atoms with van der Waals surface area (Å²) in [6.07, 6.45) is -2.83. The van der Waals surface area contributed by atoms with Crippen LogP contribution in [0.5, 0.6) is 0 Å². The number of rotatable bonds is 4. The minimum atomic E-state index is -4.45. The number of nitrogens with one attached hydrogen (secondary N) is 2. The van der Waals surface area contributed by atoms with E-state index in [2.05, 4.69) is 15.8 Å². The van der Waals surface area contributed by atoms with Crippen LogP contribution in [0, 0.1) is 5.92 Å². The fourth-order valence-electron chi connectivity index (χ4n) is 3.20. The first-order chi connectivity index (χ1) is 14.9. The van der Waals surface area contributed by atoms with Crippen LogP contribution in [0.4, 0.5) is 19.0 Å². The first-order valence-electron chi connectivity index (χ1n) is 9.46. The van der Waals surface area contributed by atoms with Gasteiger partial charge in [-0.15, -0.1) is 0 Å². The van der Waals surface area contributed by atoms with Crippen molar-refractivity contribution in [3.63, 3.8) is 0 Å². The van der Waals surface area contributed by atoms with Crippen molar-refractivity contribution >= 4 is 27.7 Å². The van der Waals surface area contributed by atoms with Gasteiger partial charge in [0.25, 0.3) is 5.91 Å². The predicted molar refractivity (Wildman–Crippen MR) is 108 cm³/mol. The van der Waals surface area contributed by atoms with Gasteiger partial charge in [0.15, 0.2) is 0 Å². The number of piperidine rings is 1. The smallest absolute Gasteiger partial charge is 0.357 e. The summed E-state index contributed by atoms with van der Waals surface area (Å²) in [6.45, 7) is 0.832. The molecule has 2 amide bonds. The molecule has 0 unspecified atom stereocenters. The van der Waals surface area contributed by atoms with Gasteiger partial charge in [-0.25, -0.2) is 18.5 Å². The van der Waals surface area contributed by atoms with Crippen molar-refractivity contribution in [3.8, 4) is 0 Å². The average molecular weight is 471 g/mol. The molecule has 1 fully saturated rings. The maximum absolute atomic E-state index is 12.6. The number of carbonyl (C=O) groups excluding carboxylic acids is 2. The lowest BCUT2D eigenvalue weighted by Gasteiger charge is -2.32. The summed E-state index contributed by atoms with van der Waals surface area (Å²) in [4.78, 5) is 30.0. The number of hydrogen-bond acceptors (Lipinski definition) is 6. The molecular formula is C19H20F3N5O4S. The molecule has 0 bridgehead atoms. The Kier molecular flexibility index (Phi) is 6.69. The number of halogens is 3. The topological polar surface area (TPSA) is 134 Å². The highest BCUT2D eigenvalue weighted by molar-refractivity contribution is 7.89. The van der Waals surface area contributed by atoms with Crippen LogP contribution in [0.25, 0.3) is 0 Å². The molecule has 1 aliphatic rings. The highest BCUT2D eigenvalue weighted by Gasteiger charge is 2.31. The monoisotopic (exact) mass is 471 g/mol. The zero-order chi connectivity index (χ0) is 23.5. The van der Waals surface area contributed by atoms with Gasteiger partial charge in [-0.2, -0.15) is 13.2 Å². The Morgan fingerprint density at radius 3 is 2.16 bits per heavy atom. The standard InChI is InChI=1S/C19H20F3N5O4S/c20-19(21,22)14-3-6-16(24-11-14)27-9-7-13(8-10-27)18(29)26-25-17(28)12-1-4-15(5-2-12)32(23,30)31/h1-6,11,13H,7-10H2,(H,25,28)(H,26,29)(H2,23,30,31). The number of alkyl halides is 3. The minimum Gasteiger partial charge on any atom is -0.357 e. The summed E-state index contributed by atoms with van der Waals surface area (Å²) in [5.74, 6) is -1.04. The second-order valence-corrected chi connectivity index (χ2v) is 8.74. The molecule has 9 nitrogen and oxygen atoms in total. The SMILES string of the molecule is NS(=O)(=O)c1ccc(C(=O)NNC(=O)C2CCN(c3ccc(C(F)(F)F)cn3)CC2)cc1. The average Bonchev–Trinajstić information content (AvgIpc) is 2.76. The zero-order valence-electron chi connectivity index (χ0n) is 16.6. The summed E-state index contributed by atoms with van der Waals surface area (Å²) in [5.41, 5.74) is 3.90. The van der Waals surface area contributed by atoms with Crippen molar-refractivity contribution in [1.29, 1.82) is 0 Å². The number of pyridine rings is 1. The maximum Gasteiger partial charge on any atom is 0.417 e. The molecule has 0 saturated carbocycles. The van der Waals surface area contributed by atoms with E-state index in [1.807, 2.05) is 0 Å². The molecule has 1 aromatic heterocycles. The van der Waals surface area contributed by atoms with Gasteiger partial charge < -0.3 is 4.90 Å². The van der Waals surface area contributed by atoms with E-state index in [4.69, 9.17) is 5.14 Å². The number of hydrazine groups is 1. The van der Waals surface area contributed by atoms with Crippen molar-refractivity contribution in [2.24, 2.45) is 11.1 Å². The van der Waals surface area contributed by atoms with Gasteiger partial charge in [-0.05, 0) is 49.2 Å². The number of sulfonamides is 1. The number of primary sulfonamides is 1. The first kappa shape index (κ1) is 23.5. The Bertz CT molecular complexity index is 1080. The summed E-state index contributed by atoms with van der Waals surface area (Å²) >= 11 is 0. The van der Waals surface area contributed by atoms with E-state index < -0.39 is 39.5 Å². The number of amides is 2. The summed E-state index contributed by atoms with van der Waals surface area (Å²) in [5, 5.41) is 5.00. The van der Waals surface area contributed by atoms with E-state index >= 15 is 0 Å². The van der Waals surface area contributed by atoms with Gasteiger partial charge in [-0.3, -0.25) is 20.4 Å². The third-order valence-corrected chi connectivity index (χ3v) is 5.94. The summed E-state index contributed by atoms with van der Waals surface area (Å²) < 4.78 is 60.4. The lowest BCUT2D eigenvalue weighted by atomic mass is 9.96. The van der Waals surface area contributed by atoms with E-state index in [0.717, 1.165) is 12.3 Å². The molecule has 3 rings (SSSR count). The first-order valence-corrected chi connectivity index (χ1v) is 11.0. The summed E-state index contributed by atoms with van der Waals surface area (Å²) in [6, 6.07) is 7.14. The molecule has 4 N–H and O–H groups in total. The lowest BCUT2D eigenvalue weighted by Crippen LogP contribution is -2.47. The van der Waals surface area contributed by atoms with E-state index in [1.54, 1.807) is 4.90 Å². The quantitative estimate of drug-likeness (QED) is 0.578. The van der Waals surface area contributed by atoms with Crippen LogP contribution >= 0.6 is 0 Å². The van der Waals surface area contributed by atoms with Crippen LogP contribution in [0.15, 0.2) is 47.5 Å². The fourth-order valence-corrected chi connectivity index (χ4v) is 3.72. The number of benzene rings is 1. The Morgan fingerprint density at radius 2 is 1.66 bits per heavy atom. The molecule has 32 heavy (non-hydrogen) atoms. The summed E-state index contributed by atoms with van der Waals surface area (Å²) in [7, 11) is -3.88. The number of nitrogens with two attached hydrogens (primary N) is 1. The molecule has 13 heteroatoms. The van der Waals surface area contributed by atoms with Crippen LogP contribution in [-0.4, -0.2) is 38.3 Å². The second kappa shape index (κ2) is 9.12. The van der Waals surface area contributed by atoms with E-state index in [9.17, 15) is 31.2 Å². The van der Waals surface area contributed by atoms with E-state index in [1.165, 1.54) is 30.3 Å². The van der Waals surface area contributed by atoms with Crippen LogP contribution in [0.1, 0.15) is 28.8 Å². The highest BCUT2D eigenvalue weighted by Crippen LogP contribution is 2.30. The second-order valence-electron chi connectivity index (χ2n) is 7.18. The van der Waals surface area contributed by atoms with Crippen molar-refractivity contribution in [3.05, 3.63) is 53.7 Å². The van der Waals surface area contributed by atoms with E-state index in [0.29, 0.717) is 31.7 Å². The molecular weight excluding hydrogens is 451 g/mol. The Morgan fingerprint density at radius 1 is 1.03 bits per heavy atom. The predicted octanol–water partition coefficient (Wildman–Crippen LogP) is 1.43. The van der Waals surface area contributed by atoms with Crippen molar-refractivity contribution in [2.45, 2.75) is 23.9 Å². The van der Waals surface area contributed by atoms with Crippen LogP contribution in [0.2, 0.25) is 0 Å². The van der Waals surface area contributed by atoms with Crippen LogP contribution in [-0.2, 0) is 21.0 Å². The molecule has 0 atom stereocenters. The lowest BCUT2D eigenvalue weighted by molar-refractivity contribution is -0.137. The molecule has 172 valence electrons. The highest BCUT2D eigenvalue weighted by atomic mass is 32.2. The van der Waals surface area contributed by atoms with Gasteiger partial charge in [0, 0.05) is 30.8 Å². The maximum atomic E-state index is 12.6. The van der Waals surface area contributed by atoms with Gasteiger partial charge in [-0.1, -0.05) is 0 Å². The Labute approximate surface area is 181 Å². The molecule has 2 heterocycles. The molecule has 1 saturated heterocycles. The minimum absolute atomic E-state index is 0.126. The van der Waals surface area contributed by atoms with Gasteiger partial charge in [0.05, 0.1) is 10.5 Å². The fraction of sp³-hybridized carbons (Fsp3) is 0.316. The number of hydrogen-bond donors (Lipinski definition) is 3. The molecule has 0 radical (unpaired) electrons. The normalized spacial score (nSPS) is 15.3. The Balaban J connectivity index is 1.48.